The SMILES string of the molecule is CC(C)(C)OC(=O)N1CCCC(CNCCOc2cccc3c2ccn3S(=O)(=O)c2cccc3ccccc23)C1. The molecule has 1 aromatic heterocycles. The molecule has 1 aliphatic rings. The van der Waals surface area contributed by atoms with E-state index in [1.54, 1.807) is 35.4 Å². The summed E-state index contributed by atoms with van der Waals surface area (Å²) in [6.45, 7) is 8.91. The van der Waals surface area contributed by atoms with Gasteiger partial charge in [0.25, 0.3) is 10.0 Å². The molecule has 1 saturated heterocycles. The zero-order valence-corrected chi connectivity index (χ0v) is 24.1. The molecule has 3 aromatic carbocycles. The summed E-state index contributed by atoms with van der Waals surface area (Å²) in [6.07, 6.45) is 3.36. The van der Waals surface area contributed by atoms with E-state index in [4.69, 9.17) is 9.47 Å². The molecule has 0 radical (unpaired) electrons. The standard InChI is InChI=1S/C31H37N3O5S/c1-31(2,3)39-30(35)33-18-8-9-23(22-33)21-32-17-20-38-28-14-7-13-27-26(28)16-19-34(27)40(36,37)29-15-6-11-24-10-4-5-12-25(24)29/h4-7,10-16,19,23,32H,8-9,17-18,20-22H2,1-3H3. The van der Waals surface area contributed by atoms with Gasteiger partial charge in [0.2, 0.25) is 0 Å². The van der Waals surface area contributed by atoms with Crippen LogP contribution < -0.4 is 10.1 Å². The number of rotatable bonds is 8. The molecule has 0 saturated carbocycles. The van der Waals surface area contributed by atoms with Gasteiger partial charge in [0, 0.05) is 36.6 Å². The third-order valence-electron chi connectivity index (χ3n) is 7.08. The van der Waals surface area contributed by atoms with Gasteiger partial charge < -0.3 is 19.7 Å². The molecule has 2 heterocycles. The van der Waals surface area contributed by atoms with Crippen molar-refractivity contribution in [3.05, 3.63) is 72.9 Å². The number of hydrogen-bond acceptors (Lipinski definition) is 6. The molecule has 1 atom stereocenters. The smallest absolute Gasteiger partial charge is 0.410 e. The maximum absolute atomic E-state index is 13.7. The van der Waals surface area contributed by atoms with Crippen molar-refractivity contribution in [3.8, 4) is 5.75 Å². The number of likely N-dealkylation sites (tertiary alicyclic amines) is 1. The summed E-state index contributed by atoms with van der Waals surface area (Å²) >= 11 is 0. The van der Waals surface area contributed by atoms with Crippen LogP contribution in [0.25, 0.3) is 21.7 Å². The first-order valence-electron chi connectivity index (χ1n) is 13.8. The Balaban J connectivity index is 1.20. The Morgan fingerprint density at radius 2 is 1.77 bits per heavy atom. The van der Waals surface area contributed by atoms with Crippen molar-refractivity contribution >= 4 is 37.8 Å². The van der Waals surface area contributed by atoms with Crippen molar-refractivity contribution in [1.82, 2.24) is 14.2 Å². The quantitative estimate of drug-likeness (QED) is 0.279. The fraction of sp³-hybridized carbons (Fsp3) is 0.387. The highest BCUT2D eigenvalue weighted by Crippen LogP contribution is 2.31. The maximum atomic E-state index is 13.7. The molecule has 8 nitrogen and oxygen atoms in total. The van der Waals surface area contributed by atoms with Gasteiger partial charge >= 0.3 is 6.09 Å². The first kappa shape index (κ1) is 28.0. The summed E-state index contributed by atoms with van der Waals surface area (Å²) < 4.78 is 40.3. The largest absolute Gasteiger partial charge is 0.492 e. The van der Waals surface area contributed by atoms with Crippen LogP contribution in [0.3, 0.4) is 0 Å². The monoisotopic (exact) mass is 563 g/mol. The molecule has 0 spiro atoms. The molecule has 1 amide bonds. The maximum Gasteiger partial charge on any atom is 0.410 e. The van der Waals surface area contributed by atoms with Crippen LogP contribution in [-0.2, 0) is 14.8 Å². The lowest BCUT2D eigenvalue weighted by atomic mass is 9.98. The number of carbonyl (C=O) groups is 1. The van der Waals surface area contributed by atoms with Crippen molar-refractivity contribution < 1.29 is 22.7 Å². The molecule has 0 aliphatic carbocycles. The van der Waals surface area contributed by atoms with Gasteiger partial charge in [0.1, 0.15) is 18.0 Å². The Kier molecular flexibility index (Phi) is 8.05. The molecule has 1 unspecified atom stereocenters. The van der Waals surface area contributed by atoms with E-state index in [1.165, 1.54) is 3.97 Å². The lowest BCUT2D eigenvalue weighted by molar-refractivity contribution is 0.0166. The van der Waals surface area contributed by atoms with Gasteiger partial charge in [-0.3, -0.25) is 0 Å². The summed E-state index contributed by atoms with van der Waals surface area (Å²) in [5, 5.41) is 5.76. The lowest BCUT2D eigenvalue weighted by Crippen LogP contribution is -2.45. The second kappa shape index (κ2) is 11.5. The van der Waals surface area contributed by atoms with Gasteiger partial charge in [0.05, 0.1) is 10.4 Å². The number of benzene rings is 3. The number of piperidine rings is 1. The second-order valence-corrected chi connectivity index (χ2v) is 13.1. The van der Waals surface area contributed by atoms with E-state index in [0.29, 0.717) is 42.3 Å². The second-order valence-electron chi connectivity index (χ2n) is 11.3. The zero-order chi connectivity index (χ0) is 28.3. The van der Waals surface area contributed by atoms with Gasteiger partial charge in [0.15, 0.2) is 0 Å². The van der Waals surface area contributed by atoms with Crippen LogP contribution in [0, 0.1) is 5.92 Å². The third-order valence-corrected chi connectivity index (χ3v) is 8.83. The van der Waals surface area contributed by atoms with Gasteiger partial charge in [-0.15, -0.1) is 0 Å². The van der Waals surface area contributed by atoms with E-state index in [0.717, 1.165) is 36.7 Å². The molecule has 212 valence electrons. The number of ether oxygens (including phenoxy) is 2. The predicted octanol–water partition coefficient (Wildman–Crippen LogP) is 5.65. The van der Waals surface area contributed by atoms with Crippen LogP contribution in [0.5, 0.6) is 5.75 Å². The van der Waals surface area contributed by atoms with Gasteiger partial charge in [-0.2, -0.15) is 0 Å². The normalized spacial score (nSPS) is 16.4. The highest BCUT2D eigenvalue weighted by molar-refractivity contribution is 7.90. The molecule has 9 heteroatoms. The molecule has 4 aromatic rings. The molecule has 1 aliphatic heterocycles. The summed E-state index contributed by atoms with van der Waals surface area (Å²) in [5.41, 5.74) is 0.0756. The summed E-state index contributed by atoms with van der Waals surface area (Å²) in [4.78, 5) is 14.5. The molecule has 5 rings (SSSR count). The van der Waals surface area contributed by atoms with Crippen molar-refractivity contribution in [2.24, 2.45) is 5.92 Å². The van der Waals surface area contributed by atoms with Crippen molar-refractivity contribution in [1.29, 1.82) is 0 Å². The Morgan fingerprint density at radius 1 is 1.00 bits per heavy atom. The van der Waals surface area contributed by atoms with Gasteiger partial charge in [-0.25, -0.2) is 17.2 Å². The number of aromatic nitrogens is 1. The fourth-order valence-corrected chi connectivity index (χ4v) is 6.81. The van der Waals surface area contributed by atoms with E-state index in [1.807, 2.05) is 63.2 Å². The average molecular weight is 564 g/mol. The minimum Gasteiger partial charge on any atom is -0.492 e. The molecule has 1 N–H and O–H groups in total. The van der Waals surface area contributed by atoms with Gasteiger partial charge in [-0.1, -0.05) is 42.5 Å². The Bertz CT molecular complexity index is 1600. The first-order valence-corrected chi connectivity index (χ1v) is 15.2. The van der Waals surface area contributed by atoms with E-state index >= 15 is 0 Å². The van der Waals surface area contributed by atoms with E-state index in [9.17, 15) is 13.2 Å². The molecular formula is C31H37N3O5S. The van der Waals surface area contributed by atoms with E-state index in [2.05, 4.69) is 5.32 Å². The van der Waals surface area contributed by atoms with Crippen LogP contribution in [0.4, 0.5) is 4.79 Å². The molecular weight excluding hydrogens is 526 g/mol. The van der Waals surface area contributed by atoms with Crippen LogP contribution in [-0.4, -0.2) is 61.8 Å². The summed E-state index contributed by atoms with van der Waals surface area (Å²) in [6, 6.07) is 20.1. The van der Waals surface area contributed by atoms with Crippen LogP contribution in [0.2, 0.25) is 0 Å². The number of hydrogen-bond donors (Lipinski definition) is 1. The highest BCUT2D eigenvalue weighted by Gasteiger charge is 2.27. The molecule has 0 bridgehead atoms. The number of nitrogens with one attached hydrogen (secondary N) is 1. The number of fused-ring (bicyclic) bond motifs is 2. The van der Waals surface area contributed by atoms with E-state index < -0.39 is 15.6 Å². The number of nitrogens with zero attached hydrogens (tertiary/aromatic N) is 2. The Morgan fingerprint density at radius 3 is 2.60 bits per heavy atom. The van der Waals surface area contributed by atoms with Crippen LogP contribution in [0.15, 0.2) is 77.8 Å². The minimum absolute atomic E-state index is 0.247. The number of carbonyl (C=O) groups excluding carboxylic acids is 1. The lowest BCUT2D eigenvalue weighted by Gasteiger charge is -2.34. The van der Waals surface area contributed by atoms with Crippen molar-refractivity contribution in [2.75, 3.05) is 32.8 Å². The van der Waals surface area contributed by atoms with E-state index in [-0.39, 0.29) is 11.0 Å². The Labute approximate surface area is 235 Å². The molecule has 1 fully saturated rings. The van der Waals surface area contributed by atoms with Crippen LogP contribution in [0.1, 0.15) is 33.6 Å². The highest BCUT2D eigenvalue weighted by atomic mass is 32.2. The first-order chi connectivity index (χ1) is 19.1. The summed E-state index contributed by atoms with van der Waals surface area (Å²) in [5.74, 6) is 0.998. The topological polar surface area (TPSA) is 89.9 Å². The van der Waals surface area contributed by atoms with Crippen molar-refractivity contribution in [3.63, 3.8) is 0 Å². The zero-order valence-electron chi connectivity index (χ0n) is 23.3. The Hall–Kier alpha value is -3.56. The molecule has 40 heavy (non-hydrogen) atoms. The summed E-state index contributed by atoms with van der Waals surface area (Å²) in [7, 11) is -3.82. The van der Waals surface area contributed by atoms with Crippen molar-refractivity contribution in [2.45, 2.75) is 44.1 Å². The average Bonchev–Trinajstić information content (AvgIpc) is 3.38. The fourth-order valence-electron chi connectivity index (χ4n) is 5.24. The van der Waals surface area contributed by atoms with Gasteiger partial charge in [-0.05, 0) is 75.7 Å². The van der Waals surface area contributed by atoms with Crippen LogP contribution >= 0.6 is 0 Å². The minimum atomic E-state index is -3.82. The third kappa shape index (κ3) is 6.10. The predicted molar refractivity (Wildman–Crippen MR) is 157 cm³/mol. The number of amides is 1.